The van der Waals surface area contributed by atoms with Crippen molar-refractivity contribution in [2.45, 2.75) is 12.3 Å². The molecule has 2 heterocycles. The first-order valence-corrected chi connectivity index (χ1v) is 7.51. The molecule has 0 N–H and O–H groups in total. The van der Waals surface area contributed by atoms with Crippen LogP contribution in [-0.4, -0.2) is 36.0 Å². The molecular weight excluding hydrogens is 294 g/mol. The van der Waals surface area contributed by atoms with Gasteiger partial charge in [0.2, 0.25) is 0 Å². The fourth-order valence-corrected chi connectivity index (χ4v) is 2.98. The number of carbonyl (C=O) groups is 2. The van der Waals surface area contributed by atoms with Crippen molar-refractivity contribution in [3.05, 3.63) is 71.3 Å². The largest absolute Gasteiger partial charge is 0.346 e. The molecule has 1 saturated heterocycles. The molecule has 0 atom stereocenters. The lowest BCUT2D eigenvalue weighted by Gasteiger charge is -2.33. The van der Waals surface area contributed by atoms with Crippen molar-refractivity contribution >= 4 is 11.8 Å². The number of imide groups is 1. The highest BCUT2D eigenvalue weighted by Gasteiger charge is 2.41. The zero-order valence-electron chi connectivity index (χ0n) is 12.3. The molecule has 5 nitrogen and oxygen atoms in total. The Morgan fingerprint density at radius 3 is 1.87 bits per heavy atom. The van der Waals surface area contributed by atoms with Crippen LogP contribution in [0.1, 0.15) is 32.6 Å². The Hall–Kier alpha value is -2.50. The van der Waals surface area contributed by atoms with E-state index >= 15 is 0 Å². The topological polar surface area (TPSA) is 55.8 Å². The van der Waals surface area contributed by atoms with Crippen molar-refractivity contribution in [1.29, 1.82) is 0 Å². The van der Waals surface area contributed by atoms with Crippen LogP contribution in [0.25, 0.3) is 0 Å². The summed E-state index contributed by atoms with van der Waals surface area (Å²) in [5.74, 6) is -0.554. The zero-order chi connectivity index (χ0) is 15.8. The van der Waals surface area contributed by atoms with E-state index in [0.717, 1.165) is 5.56 Å². The summed E-state index contributed by atoms with van der Waals surface area (Å²) in [7, 11) is 0. The molecule has 0 radical (unpaired) electrons. The van der Waals surface area contributed by atoms with E-state index < -0.39 is 12.3 Å². The average Bonchev–Trinajstić information content (AvgIpc) is 2.87. The summed E-state index contributed by atoms with van der Waals surface area (Å²) in [4.78, 5) is 26.2. The molecule has 0 bridgehead atoms. The van der Waals surface area contributed by atoms with Gasteiger partial charge in [-0.2, -0.15) is 0 Å². The van der Waals surface area contributed by atoms with Crippen molar-refractivity contribution in [2.75, 3.05) is 13.2 Å². The molecule has 0 spiro atoms. The minimum Gasteiger partial charge on any atom is -0.346 e. The van der Waals surface area contributed by atoms with Crippen LogP contribution in [-0.2, 0) is 9.47 Å². The number of benzene rings is 2. The SMILES string of the molecule is O=C1c2ccccc2C(=O)N1C1COC(c2ccccc2)OC1. The number of nitrogens with zero attached hydrogens (tertiary/aromatic N) is 1. The van der Waals surface area contributed by atoms with Crippen LogP contribution in [0.4, 0.5) is 0 Å². The molecule has 4 rings (SSSR count). The van der Waals surface area contributed by atoms with Gasteiger partial charge in [0.15, 0.2) is 6.29 Å². The standard InChI is InChI=1S/C18H15NO4/c20-16-14-8-4-5-9-15(14)17(21)19(16)13-10-22-18(23-11-13)12-6-2-1-3-7-12/h1-9,13,18H,10-11H2. The first-order valence-electron chi connectivity index (χ1n) is 7.51. The lowest BCUT2D eigenvalue weighted by molar-refractivity contribution is -0.201. The highest BCUT2D eigenvalue weighted by atomic mass is 16.7. The third-order valence-electron chi connectivity index (χ3n) is 4.14. The number of carbonyl (C=O) groups excluding carboxylic acids is 2. The Morgan fingerprint density at radius 1 is 0.783 bits per heavy atom. The molecule has 2 aliphatic heterocycles. The normalized spacial score (nSPS) is 23.9. The average molecular weight is 309 g/mol. The van der Waals surface area contributed by atoms with E-state index in [9.17, 15) is 9.59 Å². The van der Waals surface area contributed by atoms with Crippen LogP contribution in [0.3, 0.4) is 0 Å². The van der Waals surface area contributed by atoms with E-state index in [-0.39, 0.29) is 25.0 Å². The Balaban J connectivity index is 1.50. The fraction of sp³-hybridized carbons (Fsp3) is 0.222. The third-order valence-corrected chi connectivity index (χ3v) is 4.14. The zero-order valence-corrected chi connectivity index (χ0v) is 12.3. The maximum Gasteiger partial charge on any atom is 0.261 e. The number of amides is 2. The van der Waals surface area contributed by atoms with Crippen LogP contribution in [0.15, 0.2) is 54.6 Å². The summed E-state index contributed by atoms with van der Waals surface area (Å²) in [6.07, 6.45) is -0.456. The van der Waals surface area contributed by atoms with Crippen LogP contribution < -0.4 is 0 Å². The van der Waals surface area contributed by atoms with Gasteiger partial charge in [-0.15, -0.1) is 0 Å². The van der Waals surface area contributed by atoms with Crippen molar-refractivity contribution in [3.63, 3.8) is 0 Å². The van der Waals surface area contributed by atoms with E-state index in [1.807, 2.05) is 30.3 Å². The summed E-state index contributed by atoms with van der Waals surface area (Å²) >= 11 is 0. The molecular formula is C18H15NO4. The highest BCUT2D eigenvalue weighted by molar-refractivity contribution is 6.21. The van der Waals surface area contributed by atoms with E-state index in [1.165, 1.54) is 4.90 Å². The molecule has 2 aliphatic rings. The maximum atomic E-state index is 12.5. The number of fused-ring (bicyclic) bond motifs is 1. The molecule has 0 aromatic heterocycles. The molecule has 2 aromatic rings. The van der Waals surface area contributed by atoms with E-state index in [0.29, 0.717) is 11.1 Å². The van der Waals surface area contributed by atoms with Gasteiger partial charge in [-0.05, 0) is 12.1 Å². The smallest absolute Gasteiger partial charge is 0.261 e. The van der Waals surface area contributed by atoms with Gasteiger partial charge in [-0.1, -0.05) is 42.5 Å². The van der Waals surface area contributed by atoms with E-state index in [4.69, 9.17) is 9.47 Å². The number of ether oxygens (including phenoxy) is 2. The Morgan fingerprint density at radius 2 is 1.30 bits per heavy atom. The molecule has 0 aliphatic carbocycles. The van der Waals surface area contributed by atoms with E-state index in [1.54, 1.807) is 24.3 Å². The Kier molecular flexibility index (Phi) is 3.44. The summed E-state index contributed by atoms with van der Waals surface area (Å²) in [5, 5.41) is 0. The second-order valence-electron chi connectivity index (χ2n) is 5.59. The first-order chi connectivity index (χ1) is 11.3. The molecule has 116 valence electrons. The molecule has 2 aromatic carbocycles. The summed E-state index contributed by atoms with van der Waals surface area (Å²) < 4.78 is 11.4. The maximum absolute atomic E-state index is 12.5. The summed E-state index contributed by atoms with van der Waals surface area (Å²) in [6, 6.07) is 16.1. The van der Waals surface area contributed by atoms with E-state index in [2.05, 4.69) is 0 Å². The van der Waals surface area contributed by atoms with Gasteiger partial charge in [-0.3, -0.25) is 14.5 Å². The minimum absolute atomic E-state index is 0.269. The van der Waals surface area contributed by atoms with Gasteiger partial charge in [0.1, 0.15) is 0 Å². The highest BCUT2D eigenvalue weighted by Crippen LogP contribution is 2.29. The summed E-state index contributed by atoms with van der Waals surface area (Å²) in [5.41, 5.74) is 1.82. The number of hydrogen-bond acceptors (Lipinski definition) is 4. The number of hydrogen-bond donors (Lipinski definition) is 0. The van der Waals surface area contributed by atoms with Crippen LogP contribution in [0.5, 0.6) is 0 Å². The Labute approximate surface area is 133 Å². The van der Waals surface area contributed by atoms with Crippen molar-refractivity contribution in [2.24, 2.45) is 0 Å². The Bertz CT molecular complexity index is 716. The summed E-state index contributed by atoms with van der Waals surface area (Å²) in [6.45, 7) is 0.538. The third kappa shape index (κ3) is 2.34. The van der Waals surface area contributed by atoms with Gasteiger partial charge in [-0.25, -0.2) is 0 Å². The van der Waals surface area contributed by atoms with Crippen LogP contribution >= 0.6 is 0 Å². The van der Waals surface area contributed by atoms with Gasteiger partial charge in [0.05, 0.1) is 30.4 Å². The van der Waals surface area contributed by atoms with Gasteiger partial charge in [0, 0.05) is 5.56 Å². The van der Waals surface area contributed by atoms with Gasteiger partial charge in [0.25, 0.3) is 11.8 Å². The molecule has 1 fully saturated rings. The van der Waals surface area contributed by atoms with Crippen molar-refractivity contribution in [3.8, 4) is 0 Å². The predicted octanol–water partition coefficient (Wildman–Crippen LogP) is 2.40. The fourth-order valence-electron chi connectivity index (χ4n) is 2.98. The van der Waals surface area contributed by atoms with Gasteiger partial charge < -0.3 is 9.47 Å². The molecule has 5 heteroatoms. The molecule has 0 saturated carbocycles. The quantitative estimate of drug-likeness (QED) is 0.799. The van der Waals surface area contributed by atoms with Gasteiger partial charge >= 0.3 is 0 Å². The van der Waals surface area contributed by atoms with Crippen LogP contribution in [0, 0.1) is 0 Å². The lowest BCUT2D eigenvalue weighted by Crippen LogP contribution is -2.48. The molecule has 0 unspecified atom stereocenters. The minimum atomic E-state index is -0.456. The van der Waals surface area contributed by atoms with Crippen LogP contribution in [0.2, 0.25) is 0 Å². The predicted molar refractivity (Wildman–Crippen MR) is 81.8 cm³/mol. The monoisotopic (exact) mass is 309 g/mol. The first kappa shape index (κ1) is 14.1. The van der Waals surface area contributed by atoms with Crippen molar-refractivity contribution in [1.82, 2.24) is 4.90 Å². The lowest BCUT2D eigenvalue weighted by atomic mass is 10.1. The molecule has 23 heavy (non-hydrogen) atoms. The second-order valence-corrected chi connectivity index (χ2v) is 5.59. The number of rotatable bonds is 2. The second kappa shape index (κ2) is 5.61. The molecule has 2 amide bonds. The van der Waals surface area contributed by atoms with Crippen molar-refractivity contribution < 1.29 is 19.1 Å².